The highest BCUT2D eigenvalue weighted by molar-refractivity contribution is 6.14. The third kappa shape index (κ3) is 3.66. The van der Waals surface area contributed by atoms with E-state index in [0.29, 0.717) is 28.8 Å². The van der Waals surface area contributed by atoms with Gasteiger partial charge >= 0.3 is 6.03 Å². The van der Waals surface area contributed by atoms with Crippen LogP contribution in [0, 0.1) is 12.8 Å². The molecule has 30 heavy (non-hydrogen) atoms. The third-order valence-corrected chi connectivity index (χ3v) is 4.96. The van der Waals surface area contributed by atoms with Gasteiger partial charge < -0.3 is 16.0 Å². The molecular formula is C20H20N8O2. The molecule has 0 bridgehead atoms. The predicted octanol–water partition coefficient (Wildman–Crippen LogP) is 2.18. The summed E-state index contributed by atoms with van der Waals surface area (Å²) in [6, 6.07) is 5.19. The van der Waals surface area contributed by atoms with Crippen LogP contribution in [0.2, 0.25) is 0 Å². The molecular weight excluding hydrogens is 384 g/mol. The van der Waals surface area contributed by atoms with Crippen molar-refractivity contribution < 1.29 is 9.59 Å². The van der Waals surface area contributed by atoms with Crippen LogP contribution in [0.3, 0.4) is 0 Å². The van der Waals surface area contributed by atoms with Crippen molar-refractivity contribution in [2.75, 3.05) is 17.2 Å². The van der Waals surface area contributed by atoms with Gasteiger partial charge in [-0.15, -0.1) is 0 Å². The lowest BCUT2D eigenvalue weighted by Gasteiger charge is -2.11. The number of hydrogen-bond donors (Lipinski definition) is 4. The molecule has 0 unspecified atom stereocenters. The van der Waals surface area contributed by atoms with Gasteiger partial charge in [0, 0.05) is 24.4 Å². The molecule has 1 aliphatic heterocycles. The zero-order valence-corrected chi connectivity index (χ0v) is 16.3. The second kappa shape index (κ2) is 7.14. The van der Waals surface area contributed by atoms with Crippen LogP contribution in [0.1, 0.15) is 24.0 Å². The van der Waals surface area contributed by atoms with Crippen molar-refractivity contribution in [3.8, 4) is 0 Å². The average Bonchev–Trinajstić information content (AvgIpc) is 3.39. The number of rotatable bonds is 6. The number of aryl methyl sites for hydroxylation is 1. The largest absolute Gasteiger partial charge is 0.370 e. The molecule has 4 heterocycles. The number of carbonyl (C=O) groups excluding carboxylic acids is 2. The Hall–Kier alpha value is -3.95. The van der Waals surface area contributed by atoms with Crippen LogP contribution in [-0.4, -0.2) is 38.1 Å². The Bertz CT molecular complexity index is 1180. The molecule has 10 heteroatoms. The molecule has 1 aliphatic carbocycles. The number of urea groups is 1. The molecule has 1 saturated heterocycles. The summed E-state index contributed by atoms with van der Waals surface area (Å²) in [4.78, 5) is 32.3. The fourth-order valence-electron chi connectivity index (χ4n) is 3.15. The Labute approximate surface area is 171 Å². The first kappa shape index (κ1) is 18.1. The minimum absolute atomic E-state index is 0.155. The second-order valence-corrected chi connectivity index (χ2v) is 7.50. The fourth-order valence-corrected chi connectivity index (χ4v) is 3.15. The number of carbonyl (C=O) groups is 2. The summed E-state index contributed by atoms with van der Waals surface area (Å²) in [6.45, 7) is 2.83. The molecule has 4 N–H and O–H groups in total. The summed E-state index contributed by atoms with van der Waals surface area (Å²) in [5.41, 5.74) is 2.38. The maximum absolute atomic E-state index is 11.9. The highest BCUT2D eigenvalue weighted by Gasteiger charge is 2.24. The summed E-state index contributed by atoms with van der Waals surface area (Å²) < 4.78 is 1.69. The van der Waals surface area contributed by atoms with E-state index in [1.807, 2.05) is 25.1 Å². The zero-order valence-electron chi connectivity index (χ0n) is 16.3. The average molecular weight is 404 g/mol. The minimum atomic E-state index is -0.546. The van der Waals surface area contributed by atoms with E-state index < -0.39 is 11.9 Å². The number of nitrogens with zero attached hydrogens (tertiary/aromatic N) is 4. The normalized spacial score (nSPS) is 17.3. The number of fused-ring (bicyclic) bond motifs is 1. The highest BCUT2D eigenvalue weighted by Crippen LogP contribution is 2.30. The van der Waals surface area contributed by atoms with Crippen molar-refractivity contribution in [3.05, 3.63) is 47.4 Å². The number of hydrogen-bond acceptors (Lipinski definition) is 7. The molecule has 0 atom stereocenters. The molecule has 2 aliphatic rings. The summed E-state index contributed by atoms with van der Waals surface area (Å²) in [6.07, 6.45) is 7.41. The van der Waals surface area contributed by atoms with Crippen LogP contribution in [0.25, 0.3) is 11.7 Å². The number of amides is 3. The smallest absolute Gasteiger partial charge is 0.326 e. The van der Waals surface area contributed by atoms with Gasteiger partial charge in [0.25, 0.3) is 5.91 Å². The van der Waals surface area contributed by atoms with E-state index in [2.05, 4.69) is 36.3 Å². The van der Waals surface area contributed by atoms with Crippen molar-refractivity contribution in [1.82, 2.24) is 30.2 Å². The van der Waals surface area contributed by atoms with Gasteiger partial charge in [-0.05, 0) is 43.4 Å². The first-order valence-corrected chi connectivity index (χ1v) is 9.71. The van der Waals surface area contributed by atoms with Gasteiger partial charge in [-0.25, -0.2) is 14.8 Å². The first-order valence-electron chi connectivity index (χ1n) is 9.71. The van der Waals surface area contributed by atoms with E-state index in [9.17, 15) is 9.59 Å². The molecule has 0 aromatic carbocycles. The number of anilines is 3. The molecule has 3 aromatic heterocycles. The molecule has 1 saturated carbocycles. The van der Waals surface area contributed by atoms with Crippen molar-refractivity contribution in [3.63, 3.8) is 0 Å². The molecule has 5 rings (SSSR count). The quantitative estimate of drug-likeness (QED) is 0.366. The fraction of sp³-hybridized carbons (Fsp3) is 0.250. The minimum Gasteiger partial charge on any atom is -0.370 e. The van der Waals surface area contributed by atoms with Crippen LogP contribution in [0.4, 0.5) is 22.2 Å². The molecule has 0 radical (unpaired) electrons. The Morgan fingerprint density at radius 1 is 1.20 bits per heavy atom. The van der Waals surface area contributed by atoms with Gasteiger partial charge in [0.15, 0.2) is 5.65 Å². The zero-order chi connectivity index (χ0) is 20.7. The summed E-state index contributed by atoms with van der Waals surface area (Å²) in [7, 11) is 0. The molecule has 2 fully saturated rings. The van der Waals surface area contributed by atoms with Gasteiger partial charge in [-0.2, -0.15) is 9.61 Å². The lowest BCUT2D eigenvalue weighted by molar-refractivity contribution is -0.115. The molecule has 10 nitrogen and oxygen atoms in total. The van der Waals surface area contributed by atoms with Gasteiger partial charge in [0.05, 0.1) is 6.20 Å². The summed E-state index contributed by atoms with van der Waals surface area (Å²) in [5, 5.41) is 15.8. The van der Waals surface area contributed by atoms with E-state index in [4.69, 9.17) is 0 Å². The van der Waals surface area contributed by atoms with Gasteiger partial charge in [0.2, 0.25) is 0 Å². The maximum Gasteiger partial charge on any atom is 0.326 e. The Morgan fingerprint density at radius 3 is 2.77 bits per heavy atom. The monoisotopic (exact) mass is 404 g/mol. The van der Waals surface area contributed by atoms with E-state index in [1.54, 1.807) is 23.0 Å². The second-order valence-electron chi connectivity index (χ2n) is 7.50. The number of imide groups is 1. The van der Waals surface area contributed by atoms with E-state index in [-0.39, 0.29) is 5.70 Å². The standard InChI is InChI=1S/C20H20N8O2/c1-11-2-5-15(21-8-11)25-16-7-17(22-9-12-3-4-12)28-18(26-16)13(10-23-28)6-14-19(29)27-20(30)24-14/h2,5-8,10,12,22H,3-4,9H2,1H3,(H,21,25,26)(H2,24,27,29,30)/b14-6-. The number of aromatic nitrogens is 4. The Balaban J connectivity index is 1.54. The third-order valence-electron chi connectivity index (χ3n) is 4.96. The van der Waals surface area contributed by atoms with Crippen molar-refractivity contribution in [1.29, 1.82) is 0 Å². The summed E-state index contributed by atoms with van der Waals surface area (Å²) >= 11 is 0. The SMILES string of the molecule is Cc1ccc(Nc2cc(NCC3CC3)n3ncc(/C=C4\NC(=O)NC4=O)c3n2)nc1. The van der Waals surface area contributed by atoms with Crippen molar-refractivity contribution in [2.45, 2.75) is 19.8 Å². The van der Waals surface area contributed by atoms with Gasteiger partial charge in [-0.1, -0.05) is 6.07 Å². The van der Waals surface area contributed by atoms with Crippen LogP contribution in [0.15, 0.2) is 36.3 Å². The van der Waals surface area contributed by atoms with Crippen molar-refractivity contribution in [2.24, 2.45) is 5.92 Å². The predicted molar refractivity (Wildman–Crippen MR) is 111 cm³/mol. The lowest BCUT2D eigenvalue weighted by Crippen LogP contribution is -2.22. The molecule has 0 spiro atoms. The van der Waals surface area contributed by atoms with Crippen LogP contribution >= 0.6 is 0 Å². The molecule has 152 valence electrons. The Morgan fingerprint density at radius 2 is 2.07 bits per heavy atom. The first-order chi connectivity index (χ1) is 14.5. The topological polar surface area (TPSA) is 125 Å². The lowest BCUT2D eigenvalue weighted by atomic mass is 10.2. The molecule has 3 amide bonds. The van der Waals surface area contributed by atoms with Crippen LogP contribution in [0.5, 0.6) is 0 Å². The van der Waals surface area contributed by atoms with Crippen LogP contribution in [-0.2, 0) is 4.79 Å². The molecule has 3 aromatic rings. The summed E-state index contributed by atoms with van der Waals surface area (Å²) in [5.74, 6) is 2.25. The number of nitrogens with one attached hydrogen (secondary N) is 4. The maximum atomic E-state index is 11.9. The van der Waals surface area contributed by atoms with Crippen molar-refractivity contribution >= 4 is 41.1 Å². The van der Waals surface area contributed by atoms with Crippen LogP contribution < -0.4 is 21.3 Å². The van der Waals surface area contributed by atoms with Gasteiger partial charge in [-0.3, -0.25) is 10.1 Å². The van der Waals surface area contributed by atoms with E-state index >= 15 is 0 Å². The Kier molecular flexibility index (Phi) is 4.31. The number of pyridine rings is 1. The highest BCUT2D eigenvalue weighted by atomic mass is 16.2. The van der Waals surface area contributed by atoms with Gasteiger partial charge in [0.1, 0.15) is 23.2 Å². The van der Waals surface area contributed by atoms with E-state index in [0.717, 1.165) is 17.9 Å². The van der Waals surface area contributed by atoms with E-state index in [1.165, 1.54) is 12.8 Å².